The molecule has 0 saturated carbocycles. The minimum atomic E-state index is -4.78. The standard InChI is InChI=1S/C16H11ClF3N3O2S/c17-10-3-5-11(6-4-10)23-14(16(18,19)20)13(9-22-23)25-15(24)21-8-12-2-1-7-26-12/h1-7,9H,8H2,(H,21,24). The molecule has 2 heterocycles. The molecular weight excluding hydrogens is 391 g/mol. The van der Waals surface area contributed by atoms with Gasteiger partial charge in [-0.25, -0.2) is 9.48 Å². The first-order valence-corrected chi connectivity index (χ1v) is 8.49. The Balaban J connectivity index is 1.83. The van der Waals surface area contributed by atoms with Crippen LogP contribution in [0.5, 0.6) is 5.75 Å². The molecule has 0 aliphatic rings. The SMILES string of the molecule is O=C(NCc1cccs1)Oc1cnn(-c2ccc(Cl)cc2)c1C(F)(F)F. The number of nitrogens with zero attached hydrogens (tertiary/aromatic N) is 2. The highest BCUT2D eigenvalue weighted by Gasteiger charge is 2.40. The fraction of sp³-hybridized carbons (Fsp3) is 0.125. The average Bonchev–Trinajstić information content (AvgIpc) is 3.22. The van der Waals surface area contributed by atoms with Crippen LogP contribution >= 0.6 is 22.9 Å². The quantitative estimate of drug-likeness (QED) is 0.676. The number of carbonyl (C=O) groups excluding carboxylic acids is 1. The molecule has 10 heteroatoms. The third-order valence-corrected chi connectivity index (χ3v) is 4.39. The summed E-state index contributed by atoms with van der Waals surface area (Å²) >= 11 is 7.15. The first-order chi connectivity index (χ1) is 12.3. The summed E-state index contributed by atoms with van der Waals surface area (Å²) in [4.78, 5) is 12.7. The molecule has 26 heavy (non-hydrogen) atoms. The molecule has 1 amide bonds. The van der Waals surface area contributed by atoms with Gasteiger partial charge in [-0.2, -0.15) is 18.3 Å². The van der Waals surface area contributed by atoms with Crippen molar-refractivity contribution < 1.29 is 22.7 Å². The number of hydrogen-bond acceptors (Lipinski definition) is 4. The summed E-state index contributed by atoms with van der Waals surface area (Å²) in [5.41, 5.74) is -1.05. The van der Waals surface area contributed by atoms with Crippen molar-refractivity contribution in [1.29, 1.82) is 0 Å². The van der Waals surface area contributed by atoms with Gasteiger partial charge in [0.25, 0.3) is 0 Å². The van der Waals surface area contributed by atoms with Gasteiger partial charge in [0.15, 0.2) is 11.4 Å². The predicted molar refractivity (Wildman–Crippen MR) is 90.8 cm³/mol. The van der Waals surface area contributed by atoms with E-state index < -0.39 is 23.7 Å². The number of rotatable bonds is 4. The zero-order chi connectivity index (χ0) is 18.7. The van der Waals surface area contributed by atoms with Crippen LogP contribution in [0.4, 0.5) is 18.0 Å². The summed E-state index contributed by atoms with van der Waals surface area (Å²) in [5.74, 6) is -0.684. The Morgan fingerprint density at radius 1 is 1.27 bits per heavy atom. The molecular formula is C16H11ClF3N3O2S. The third kappa shape index (κ3) is 4.17. The summed E-state index contributed by atoms with van der Waals surface area (Å²) in [6, 6.07) is 9.21. The molecule has 0 saturated heterocycles. The lowest BCUT2D eigenvalue weighted by molar-refractivity contribution is -0.143. The molecule has 3 aromatic rings. The van der Waals surface area contributed by atoms with Crippen LogP contribution in [0.15, 0.2) is 48.0 Å². The van der Waals surface area contributed by atoms with E-state index in [0.717, 1.165) is 11.1 Å². The van der Waals surface area contributed by atoms with E-state index in [1.54, 1.807) is 12.1 Å². The molecule has 2 aromatic heterocycles. The number of thiophene rings is 1. The number of benzene rings is 1. The van der Waals surface area contributed by atoms with Gasteiger partial charge >= 0.3 is 12.3 Å². The normalized spacial score (nSPS) is 11.4. The van der Waals surface area contributed by atoms with Crippen LogP contribution < -0.4 is 10.1 Å². The summed E-state index contributed by atoms with van der Waals surface area (Å²) in [7, 11) is 0. The van der Waals surface area contributed by atoms with Gasteiger partial charge in [0.05, 0.1) is 18.4 Å². The van der Waals surface area contributed by atoms with Crippen LogP contribution in [-0.4, -0.2) is 15.9 Å². The number of nitrogens with one attached hydrogen (secondary N) is 1. The highest BCUT2D eigenvalue weighted by Crippen LogP contribution is 2.37. The second-order valence-electron chi connectivity index (χ2n) is 5.07. The van der Waals surface area contributed by atoms with Crippen molar-refractivity contribution >= 4 is 29.0 Å². The van der Waals surface area contributed by atoms with Crippen LogP contribution in [0.2, 0.25) is 5.02 Å². The van der Waals surface area contributed by atoms with Crippen molar-refractivity contribution in [3.05, 3.63) is 63.6 Å². The zero-order valence-electron chi connectivity index (χ0n) is 13.0. The molecule has 0 unspecified atom stereocenters. The number of amides is 1. The monoisotopic (exact) mass is 401 g/mol. The number of carbonyl (C=O) groups is 1. The van der Waals surface area contributed by atoms with Gasteiger partial charge in [-0.3, -0.25) is 0 Å². The lowest BCUT2D eigenvalue weighted by Crippen LogP contribution is -2.27. The maximum Gasteiger partial charge on any atom is 0.437 e. The van der Waals surface area contributed by atoms with Crippen molar-refractivity contribution in [2.45, 2.75) is 12.7 Å². The largest absolute Gasteiger partial charge is 0.437 e. The van der Waals surface area contributed by atoms with Gasteiger partial charge < -0.3 is 10.1 Å². The summed E-state index contributed by atoms with van der Waals surface area (Å²) in [6.45, 7) is 0.156. The summed E-state index contributed by atoms with van der Waals surface area (Å²) in [5, 5.41) is 8.29. The Bertz CT molecular complexity index is 893. The molecule has 0 radical (unpaired) electrons. The van der Waals surface area contributed by atoms with Gasteiger partial charge in [-0.05, 0) is 35.7 Å². The zero-order valence-corrected chi connectivity index (χ0v) is 14.5. The molecule has 0 bridgehead atoms. The molecule has 5 nitrogen and oxygen atoms in total. The van der Waals surface area contributed by atoms with Gasteiger partial charge in [-0.1, -0.05) is 17.7 Å². The van der Waals surface area contributed by atoms with Crippen LogP contribution in [0.1, 0.15) is 10.6 Å². The molecule has 0 atom stereocenters. The highest BCUT2D eigenvalue weighted by molar-refractivity contribution is 7.09. The Labute approximate surface area is 155 Å². The van der Waals surface area contributed by atoms with Gasteiger partial charge in [-0.15, -0.1) is 11.3 Å². The molecule has 3 rings (SSSR count). The van der Waals surface area contributed by atoms with Crippen molar-refractivity contribution in [2.75, 3.05) is 0 Å². The maximum absolute atomic E-state index is 13.5. The van der Waals surface area contributed by atoms with E-state index in [-0.39, 0.29) is 12.2 Å². The molecule has 0 fully saturated rings. The van der Waals surface area contributed by atoms with E-state index in [0.29, 0.717) is 9.70 Å². The van der Waals surface area contributed by atoms with Crippen LogP contribution in [0.3, 0.4) is 0 Å². The molecule has 1 aromatic carbocycles. The lowest BCUT2D eigenvalue weighted by atomic mass is 10.3. The Kier molecular flexibility index (Phi) is 5.19. The minimum absolute atomic E-state index is 0.135. The Morgan fingerprint density at radius 2 is 2.00 bits per heavy atom. The van der Waals surface area contributed by atoms with E-state index in [4.69, 9.17) is 16.3 Å². The lowest BCUT2D eigenvalue weighted by Gasteiger charge is -2.12. The maximum atomic E-state index is 13.5. The predicted octanol–water partition coefficient (Wildman–Crippen LogP) is 4.89. The minimum Gasteiger partial charge on any atom is -0.406 e. The molecule has 136 valence electrons. The number of hydrogen-bond donors (Lipinski definition) is 1. The second-order valence-corrected chi connectivity index (χ2v) is 6.53. The number of aromatic nitrogens is 2. The van der Waals surface area contributed by atoms with E-state index in [1.807, 2.05) is 5.38 Å². The average molecular weight is 402 g/mol. The molecule has 0 aliphatic carbocycles. The number of ether oxygens (including phenoxy) is 1. The van der Waals surface area contributed by atoms with Crippen molar-refractivity contribution in [3.63, 3.8) is 0 Å². The van der Waals surface area contributed by atoms with Crippen LogP contribution in [0, 0.1) is 0 Å². The molecule has 1 N–H and O–H groups in total. The van der Waals surface area contributed by atoms with E-state index in [9.17, 15) is 18.0 Å². The number of halogens is 4. The van der Waals surface area contributed by atoms with E-state index in [1.165, 1.54) is 35.6 Å². The number of alkyl halides is 3. The fourth-order valence-corrected chi connectivity index (χ4v) is 2.92. The Hall–Kier alpha value is -2.52. The van der Waals surface area contributed by atoms with Crippen molar-refractivity contribution in [1.82, 2.24) is 15.1 Å². The molecule has 0 aliphatic heterocycles. The van der Waals surface area contributed by atoms with Crippen molar-refractivity contribution in [2.24, 2.45) is 0 Å². The third-order valence-electron chi connectivity index (χ3n) is 3.27. The molecule has 0 spiro atoms. The first kappa shape index (κ1) is 18.3. The van der Waals surface area contributed by atoms with E-state index >= 15 is 0 Å². The van der Waals surface area contributed by atoms with Crippen LogP contribution in [-0.2, 0) is 12.7 Å². The van der Waals surface area contributed by atoms with Gasteiger partial charge in [0.2, 0.25) is 0 Å². The Morgan fingerprint density at radius 3 is 2.62 bits per heavy atom. The fourth-order valence-electron chi connectivity index (χ4n) is 2.15. The van der Waals surface area contributed by atoms with Gasteiger partial charge in [0.1, 0.15) is 0 Å². The highest BCUT2D eigenvalue weighted by atomic mass is 35.5. The van der Waals surface area contributed by atoms with Crippen LogP contribution in [0.25, 0.3) is 5.69 Å². The van der Waals surface area contributed by atoms with Crippen molar-refractivity contribution in [3.8, 4) is 11.4 Å². The second kappa shape index (κ2) is 7.38. The summed E-state index contributed by atoms with van der Waals surface area (Å²) in [6.07, 6.45) is -4.93. The van der Waals surface area contributed by atoms with Gasteiger partial charge in [0, 0.05) is 9.90 Å². The summed E-state index contributed by atoms with van der Waals surface area (Å²) < 4.78 is 45.9. The smallest absolute Gasteiger partial charge is 0.406 e. The topological polar surface area (TPSA) is 56.1 Å². The van der Waals surface area contributed by atoms with E-state index in [2.05, 4.69) is 10.4 Å². The first-order valence-electron chi connectivity index (χ1n) is 7.24.